The second-order valence-electron chi connectivity index (χ2n) is 6.37. The van der Waals surface area contributed by atoms with Crippen LogP contribution in [0.3, 0.4) is 0 Å². The highest BCUT2D eigenvalue weighted by Crippen LogP contribution is 2.16. The molecule has 0 aliphatic heterocycles. The lowest BCUT2D eigenvalue weighted by Crippen LogP contribution is -2.32. The number of carboxylic acid groups (broad SMARTS) is 1. The summed E-state index contributed by atoms with van der Waals surface area (Å²) in [5, 5.41) is 8.61. The molecule has 1 atom stereocenters. The predicted molar refractivity (Wildman–Crippen MR) is 102 cm³/mol. The first kappa shape index (κ1) is 20.3. The Hall–Kier alpha value is -3.02. The molecule has 1 amide bonds. The van der Waals surface area contributed by atoms with Gasteiger partial charge in [0.15, 0.2) is 6.61 Å². The van der Waals surface area contributed by atoms with Gasteiger partial charge in [0.2, 0.25) is 5.91 Å². The molecule has 0 spiro atoms. The molecule has 0 aromatic heterocycles. The number of benzene rings is 2. The van der Waals surface area contributed by atoms with Gasteiger partial charge in [-0.15, -0.1) is 0 Å². The van der Waals surface area contributed by atoms with Crippen molar-refractivity contribution in [3.05, 3.63) is 60.2 Å². The zero-order valence-corrected chi connectivity index (χ0v) is 15.6. The summed E-state index contributed by atoms with van der Waals surface area (Å²) in [5.74, 6) is 0.182. The van der Waals surface area contributed by atoms with Crippen LogP contribution in [-0.2, 0) is 16.1 Å². The molecule has 0 saturated carbocycles. The standard InChI is InChI=1S/C21H25NO5/c1-16(12-13-26-18-6-4-3-5-7-18)21(25)22(2)14-17-8-10-19(11-9-17)27-15-20(23)24/h3-11,16H,12-15H2,1-2H3,(H,23,24). The minimum absolute atomic E-state index is 0.0536. The average Bonchev–Trinajstić information content (AvgIpc) is 2.67. The van der Waals surface area contributed by atoms with Gasteiger partial charge < -0.3 is 19.5 Å². The number of carbonyl (C=O) groups is 2. The van der Waals surface area contributed by atoms with Gasteiger partial charge in [0.1, 0.15) is 11.5 Å². The van der Waals surface area contributed by atoms with E-state index in [4.69, 9.17) is 14.6 Å². The zero-order valence-electron chi connectivity index (χ0n) is 15.6. The Morgan fingerprint density at radius 2 is 1.63 bits per heavy atom. The average molecular weight is 371 g/mol. The van der Waals surface area contributed by atoms with Crippen LogP contribution in [0.2, 0.25) is 0 Å². The van der Waals surface area contributed by atoms with Crippen molar-refractivity contribution in [2.45, 2.75) is 19.9 Å². The van der Waals surface area contributed by atoms with Crippen molar-refractivity contribution in [1.82, 2.24) is 4.90 Å². The van der Waals surface area contributed by atoms with E-state index in [0.29, 0.717) is 25.3 Å². The van der Waals surface area contributed by atoms with E-state index in [1.807, 2.05) is 49.4 Å². The lowest BCUT2D eigenvalue weighted by molar-refractivity contribution is -0.139. The number of nitrogens with zero attached hydrogens (tertiary/aromatic N) is 1. The van der Waals surface area contributed by atoms with Crippen molar-refractivity contribution in [3.63, 3.8) is 0 Å². The van der Waals surface area contributed by atoms with E-state index in [9.17, 15) is 9.59 Å². The lowest BCUT2D eigenvalue weighted by atomic mass is 10.1. The summed E-state index contributed by atoms with van der Waals surface area (Å²) < 4.78 is 10.8. The van der Waals surface area contributed by atoms with Crippen molar-refractivity contribution in [2.75, 3.05) is 20.3 Å². The molecule has 0 aliphatic rings. The van der Waals surface area contributed by atoms with Crippen LogP contribution in [0.1, 0.15) is 18.9 Å². The van der Waals surface area contributed by atoms with Gasteiger partial charge in [-0.1, -0.05) is 37.3 Å². The fourth-order valence-electron chi connectivity index (χ4n) is 2.56. The van der Waals surface area contributed by atoms with Gasteiger partial charge in [-0.25, -0.2) is 4.79 Å². The van der Waals surface area contributed by atoms with Crippen LogP contribution < -0.4 is 9.47 Å². The van der Waals surface area contributed by atoms with E-state index in [-0.39, 0.29) is 18.4 Å². The van der Waals surface area contributed by atoms with Crippen LogP contribution in [0, 0.1) is 5.92 Å². The summed E-state index contributed by atoms with van der Waals surface area (Å²) in [7, 11) is 1.77. The number of hydrogen-bond donors (Lipinski definition) is 1. The minimum atomic E-state index is -1.02. The van der Waals surface area contributed by atoms with Crippen LogP contribution in [0.25, 0.3) is 0 Å². The lowest BCUT2D eigenvalue weighted by Gasteiger charge is -2.21. The van der Waals surface area contributed by atoms with E-state index in [0.717, 1.165) is 11.3 Å². The highest BCUT2D eigenvalue weighted by atomic mass is 16.5. The van der Waals surface area contributed by atoms with Crippen molar-refractivity contribution >= 4 is 11.9 Å². The molecule has 1 unspecified atom stereocenters. The SMILES string of the molecule is CC(CCOc1ccccc1)C(=O)N(C)Cc1ccc(OCC(=O)O)cc1. The molecule has 0 aliphatic carbocycles. The second-order valence-corrected chi connectivity index (χ2v) is 6.37. The molecular weight excluding hydrogens is 346 g/mol. The Morgan fingerprint density at radius 1 is 1.00 bits per heavy atom. The molecule has 0 saturated heterocycles. The molecular formula is C21H25NO5. The molecule has 2 aromatic carbocycles. The van der Waals surface area contributed by atoms with Gasteiger partial charge >= 0.3 is 5.97 Å². The third kappa shape index (κ3) is 7.01. The van der Waals surface area contributed by atoms with Gasteiger partial charge in [-0.3, -0.25) is 4.79 Å². The molecule has 2 rings (SSSR count). The molecule has 0 heterocycles. The van der Waals surface area contributed by atoms with Gasteiger partial charge in [0, 0.05) is 19.5 Å². The van der Waals surface area contributed by atoms with Crippen molar-refractivity contribution in [1.29, 1.82) is 0 Å². The van der Waals surface area contributed by atoms with Crippen LogP contribution >= 0.6 is 0 Å². The number of hydrogen-bond acceptors (Lipinski definition) is 4. The minimum Gasteiger partial charge on any atom is -0.494 e. The molecule has 6 heteroatoms. The number of carbonyl (C=O) groups excluding carboxylic acids is 1. The van der Waals surface area contributed by atoms with Gasteiger partial charge in [-0.05, 0) is 36.2 Å². The number of ether oxygens (including phenoxy) is 2. The molecule has 2 aromatic rings. The highest BCUT2D eigenvalue weighted by molar-refractivity contribution is 5.78. The highest BCUT2D eigenvalue weighted by Gasteiger charge is 2.17. The van der Waals surface area contributed by atoms with Gasteiger partial charge in [0.05, 0.1) is 6.61 Å². The summed E-state index contributed by atoms with van der Waals surface area (Å²) in [4.78, 5) is 24.7. The van der Waals surface area contributed by atoms with E-state index in [1.54, 1.807) is 24.1 Å². The number of aliphatic carboxylic acids is 1. The monoisotopic (exact) mass is 371 g/mol. The van der Waals surface area contributed by atoms with Crippen LogP contribution in [0.4, 0.5) is 0 Å². The van der Waals surface area contributed by atoms with Crippen LogP contribution in [-0.4, -0.2) is 42.1 Å². The summed E-state index contributed by atoms with van der Waals surface area (Å²) in [6, 6.07) is 16.6. The molecule has 27 heavy (non-hydrogen) atoms. The summed E-state index contributed by atoms with van der Waals surface area (Å²) >= 11 is 0. The van der Waals surface area contributed by atoms with Crippen molar-refractivity contribution in [2.24, 2.45) is 5.92 Å². The molecule has 0 bridgehead atoms. The first-order chi connectivity index (χ1) is 13.0. The van der Waals surface area contributed by atoms with E-state index in [1.165, 1.54) is 0 Å². The molecule has 0 fully saturated rings. The number of amides is 1. The van der Waals surface area contributed by atoms with Crippen molar-refractivity contribution < 1.29 is 24.2 Å². The van der Waals surface area contributed by atoms with E-state index >= 15 is 0 Å². The maximum atomic E-state index is 12.5. The number of carboxylic acids is 1. The van der Waals surface area contributed by atoms with E-state index in [2.05, 4.69) is 0 Å². The molecule has 144 valence electrons. The molecule has 0 radical (unpaired) electrons. The van der Waals surface area contributed by atoms with Crippen molar-refractivity contribution in [3.8, 4) is 11.5 Å². The fraction of sp³-hybridized carbons (Fsp3) is 0.333. The largest absolute Gasteiger partial charge is 0.494 e. The first-order valence-corrected chi connectivity index (χ1v) is 8.82. The second kappa shape index (κ2) is 10.2. The predicted octanol–water partition coefficient (Wildman–Crippen LogP) is 3.21. The van der Waals surface area contributed by atoms with Crippen LogP contribution in [0.5, 0.6) is 11.5 Å². The maximum absolute atomic E-state index is 12.5. The topological polar surface area (TPSA) is 76.1 Å². The summed E-state index contributed by atoms with van der Waals surface area (Å²) in [6.07, 6.45) is 0.639. The Balaban J connectivity index is 1.77. The Bertz CT molecular complexity index is 730. The number of para-hydroxylation sites is 1. The normalized spacial score (nSPS) is 11.5. The molecule has 6 nitrogen and oxygen atoms in total. The quantitative estimate of drug-likeness (QED) is 0.694. The maximum Gasteiger partial charge on any atom is 0.341 e. The van der Waals surface area contributed by atoms with E-state index < -0.39 is 5.97 Å². The Morgan fingerprint density at radius 3 is 2.26 bits per heavy atom. The first-order valence-electron chi connectivity index (χ1n) is 8.82. The Kier molecular flexibility index (Phi) is 7.67. The van der Waals surface area contributed by atoms with Gasteiger partial charge in [0.25, 0.3) is 0 Å². The summed E-state index contributed by atoms with van der Waals surface area (Å²) in [5.41, 5.74) is 0.946. The smallest absolute Gasteiger partial charge is 0.341 e. The van der Waals surface area contributed by atoms with Crippen LogP contribution in [0.15, 0.2) is 54.6 Å². The number of rotatable bonds is 10. The third-order valence-electron chi connectivity index (χ3n) is 4.07. The Labute approximate surface area is 159 Å². The van der Waals surface area contributed by atoms with Gasteiger partial charge in [-0.2, -0.15) is 0 Å². The zero-order chi connectivity index (χ0) is 19.6. The third-order valence-corrected chi connectivity index (χ3v) is 4.07. The fourth-order valence-corrected chi connectivity index (χ4v) is 2.56. The molecule has 1 N–H and O–H groups in total. The summed E-state index contributed by atoms with van der Waals surface area (Å²) in [6.45, 7) is 2.48.